The van der Waals surface area contributed by atoms with E-state index < -0.39 is 16.6 Å². The van der Waals surface area contributed by atoms with Crippen LogP contribution in [0.3, 0.4) is 0 Å². The van der Waals surface area contributed by atoms with Crippen molar-refractivity contribution in [3.63, 3.8) is 0 Å². The third-order valence-corrected chi connectivity index (χ3v) is 4.55. The number of anilines is 1. The van der Waals surface area contributed by atoms with Crippen molar-refractivity contribution in [1.82, 2.24) is 14.3 Å². The number of nitro benzene ring substituents is 1. The summed E-state index contributed by atoms with van der Waals surface area (Å²) in [6.07, 6.45) is 3.36. The van der Waals surface area contributed by atoms with Crippen LogP contribution in [0.15, 0.2) is 68.5 Å². The van der Waals surface area contributed by atoms with Crippen LogP contribution in [-0.2, 0) is 11.3 Å². The number of hydrogen-bond donors (Lipinski definition) is 1. The lowest BCUT2D eigenvalue weighted by Gasteiger charge is -2.11. The van der Waals surface area contributed by atoms with E-state index in [0.29, 0.717) is 16.9 Å². The van der Waals surface area contributed by atoms with Gasteiger partial charge in [0.1, 0.15) is 6.54 Å². The van der Waals surface area contributed by atoms with E-state index in [9.17, 15) is 19.7 Å². The summed E-state index contributed by atoms with van der Waals surface area (Å²) < 4.78 is 8.53. The van der Waals surface area contributed by atoms with E-state index >= 15 is 0 Å². The largest absolute Gasteiger partial charge is 0.420 e. The van der Waals surface area contributed by atoms with Crippen LogP contribution in [0.25, 0.3) is 16.8 Å². The van der Waals surface area contributed by atoms with Gasteiger partial charge in [0.15, 0.2) is 5.58 Å². The molecule has 4 rings (SSSR count). The van der Waals surface area contributed by atoms with Gasteiger partial charge in [0.25, 0.3) is 5.69 Å². The minimum Gasteiger partial charge on any atom is -0.407 e. The first-order chi connectivity index (χ1) is 13.9. The van der Waals surface area contributed by atoms with Gasteiger partial charge in [-0.25, -0.2) is 9.48 Å². The zero-order valence-electron chi connectivity index (χ0n) is 14.6. The Morgan fingerprint density at radius 1 is 1.28 bits per heavy atom. The molecule has 29 heavy (non-hydrogen) atoms. The van der Waals surface area contributed by atoms with E-state index in [-0.39, 0.29) is 17.8 Å². The monoisotopic (exact) mass is 457 g/mol. The van der Waals surface area contributed by atoms with Crippen LogP contribution in [0.4, 0.5) is 11.4 Å². The number of rotatable bonds is 5. The molecule has 0 saturated carbocycles. The fraction of sp³-hybridized carbons (Fsp3) is 0.0556. The second kappa shape index (κ2) is 7.36. The number of carbonyl (C=O) groups is 1. The standard InChI is InChI=1S/C18H12BrN5O5/c19-11-8-20-23(9-11)14-4-2-1-3-13(14)21-17(25)10-22-15-6-5-12(24(27)28)7-16(15)29-18(22)26/h1-9H,10H2,(H,21,25). The van der Waals surface area contributed by atoms with Crippen molar-refractivity contribution < 1.29 is 14.1 Å². The van der Waals surface area contributed by atoms with Gasteiger partial charge in [-0.15, -0.1) is 0 Å². The summed E-state index contributed by atoms with van der Waals surface area (Å²) in [5.41, 5.74) is 1.28. The number of hydrogen-bond acceptors (Lipinski definition) is 6. The highest BCUT2D eigenvalue weighted by atomic mass is 79.9. The molecular formula is C18H12BrN5O5. The van der Waals surface area contributed by atoms with Crippen molar-refractivity contribution in [2.24, 2.45) is 0 Å². The second-order valence-corrected chi connectivity index (χ2v) is 6.95. The molecule has 0 spiro atoms. The highest BCUT2D eigenvalue weighted by molar-refractivity contribution is 9.10. The van der Waals surface area contributed by atoms with E-state index in [4.69, 9.17) is 4.42 Å². The number of nitrogens with one attached hydrogen (secondary N) is 1. The lowest BCUT2D eigenvalue weighted by Crippen LogP contribution is -2.25. The maximum absolute atomic E-state index is 12.6. The van der Waals surface area contributed by atoms with E-state index in [1.165, 1.54) is 12.1 Å². The zero-order chi connectivity index (χ0) is 20.5. The van der Waals surface area contributed by atoms with Crippen molar-refractivity contribution >= 4 is 44.3 Å². The molecule has 4 aromatic rings. The van der Waals surface area contributed by atoms with Crippen molar-refractivity contribution in [3.8, 4) is 5.69 Å². The Labute approximate surface area is 170 Å². The zero-order valence-corrected chi connectivity index (χ0v) is 16.2. The molecule has 1 amide bonds. The van der Waals surface area contributed by atoms with Gasteiger partial charge in [-0.1, -0.05) is 12.1 Å². The first-order valence-corrected chi connectivity index (χ1v) is 9.09. The third-order valence-electron chi connectivity index (χ3n) is 4.14. The van der Waals surface area contributed by atoms with Crippen LogP contribution in [0.5, 0.6) is 0 Å². The summed E-state index contributed by atoms with van der Waals surface area (Å²) in [7, 11) is 0. The molecule has 146 valence electrons. The number of nitro groups is 1. The predicted octanol–water partition coefficient (Wildman–Crippen LogP) is 3.09. The molecule has 0 aliphatic heterocycles. The maximum atomic E-state index is 12.6. The number of fused-ring (bicyclic) bond motifs is 1. The Balaban J connectivity index is 1.61. The summed E-state index contributed by atoms with van der Waals surface area (Å²) in [5, 5.41) is 17.8. The molecule has 11 heteroatoms. The average molecular weight is 458 g/mol. The summed E-state index contributed by atoms with van der Waals surface area (Å²) in [4.78, 5) is 35.0. The van der Waals surface area contributed by atoms with Crippen molar-refractivity contribution in [3.05, 3.63) is 80.0 Å². The molecule has 0 aliphatic rings. The summed E-state index contributed by atoms with van der Waals surface area (Å²) in [6, 6.07) is 10.8. The van der Waals surface area contributed by atoms with Gasteiger partial charge in [-0.3, -0.25) is 19.5 Å². The number of oxazole rings is 1. The normalized spacial score (nSPS) is 10.9. The molecule has 0 radical (unpaired) electrons. The molecular weight excluding hydrogens is 446 g/mol. The summed E-state index contributed by atoms with van der Waals surface area (Å²) >= 11 is 3.33. The number of halogens is 1. The van der Waals surface area contributed by atoms with Gasteiger partial charge < -0.3 is 9.73 Å². The first kappa shape index (κ1) is 18.6. The van der Waals surface area contributed by atoms with E-state index in [1.54, 1.807) is 35.3 Å². The Morgan fingerprint density at radius 3 is 2.79 bits per heavy atom. The Hall–Kier alpha value is -3.73. The van der Waals surface area contributed by atoms with Gasteiger partial charge in [0.05, 0.1) is 38.6 Å². The van der Waals surface area contributed by atoms with Crippen LogP contribution in [0, 0.1) is 10.1 Å². The molecule has 0 bridgehead atoms. The number of non-ortho nitro benzene ring substituents is 1. The molecule has 2 aromatic carbocycles. The van der Waals surface area contributed by atoms with Crippen molar-refractivity contribution in [1.29, 1.82) is 0 Å². The first-order valence-electron chi connectivity index (χ1n) is 8.29. The Bertz CT molecular complexity index is 1310. The molecule has 0 unspecified atom stereocenters. The molecule has 0 fully saturated rings. The molecule has 1 N–H and O–H groups in total. The number of carbonyl (C=O) groups excluding carboxylic acids is 1. The number of aromatic nitrogens is 3. The van der Waals surface area contributed by atoms with E-state index in [1.807, 2.05) is 6.07 Å². The SMILES string of the molecule is O=C(Cn1c(=O)oc2cc([N+](=O)[O-])ccc21)Nc1ccccc1-n1cc(Br)cn1. The summed E-state index contributed by atoms with van der Waals surface area (Å²) in [5.74, 6) is -1.24. The van der Waals surface area contributed by atoms with Crippen LogP contribution in [-0.4, -0.2) is 25.2 Å². The van der Waals surface area contributed by atoms with E-state index in [0.717, 1.165) is 15.1 Å². The topological polar surface area (TPSA) is 125 Å². The van der Waals surface area contributed by atoms with E-state index in [2.05, 4.69) is 26.3 Å². The lowest BCUT2D eigenvalue weighted by atomic mass is 10.2. The van der Waals surface area contributed by atoms with Crippen molar-refractivity contribution in [2.45, 2.75) is 6.54 Å². The Kier molecular flexibility index (Phi) is 4.72. The minimum absolute atomic E-state index is 0.0405. The molecule has 2 aromatic heterocycles. The highest BCUT2D eigenvalue weighted by Crippen LogP contribution is 2.22. The van der Waals surface area contributed by atoms with Gasteiger partial charge in [0, 0.05) is 12.3 Å². The molecule has 2 heterocycles. The van der Waals surface area contributed by atoms with Gasteiger partial charge >= 0.3 is 5.76 Å². The van der Waals surface area contributed by atoms with Gasteiger partial charge in [0.2, 0.25) is 5.91 Å². The quantitative estimate of drug-likeness (QED) is 0.362. The lowest BCUT2D eigenvalue weighted by molar-refractivity contribution is -0.384. The predicted molar refractivity (Wildman–Crippen MR) is 107 cm³/mol. The molecule has 0 aliphatic carbocycles. The van der Waals surface area contributed by atoms with Crippen LogP contribution in [0.1, 0.15) is 0 Å². The molecule has 10 nitrogen and oxygen atoms in total. The highest BCUT2D eigenvalue weighted by Gasteiger charge is 2.17. The molecule has 0 saturated heterocycles. The van der Waals surface area contributed by atoms with Crippen molar-refractivity contribution in [2.75, 3.05) is 5.32 Å². The second-order valence-electron chi connectivity index (χ2n) is 6.03. The number of nitrogens with zero attached hydrogens (tertiary/aromatic N) is 4. The fourth-order valence-electron chi connectivity index (χ4n) is 2.86. The maximum Gasteiger partial charge on any atom is 0.420 e. The van der Waals surface area contributed by atoms with Gasteiger partial charge in [-0.2, -0.15) is 5.10 Å². The van der Waals surface area contributed by atoms with Crippen LogP contribution in [0.2, 0.25) is 0 Å². The number of amides is 1. The molecule has 0 atom stereocenters. The smallest absolute Gasteiger partial charge is 0.407 e. The number of benzene rings is 2. The average Bonchev–Trinajstić information content (AvgIpc) is 3.25. The van der Waals surface area contributed by atoms with Crippen LogP contribution < -0.4 is 11.1 Å². The summed E-state index contributed by atoms with van der Waals surface area (Å²) in [6.45, 7) is -0.319. The fourth-order valence-corrected chi connectivity index (χ4v) is 3.15. The Morgan fingerprint density at radius 2 is 2.07 bits per heavy atom. The van der Waals surface area contributed by atoms with Crippen LogP contribution >= 0.6 is 15.9 Å². The minimum atomic E-state index is -0.778. The number of para-hydroxylation sites is 2. The third kappa shape index (κ3) is 3.67. The van der Waals surface area contributed by atoms with Gasteiger partial charge in [-0.05, 0) is 34.1 Å².